The van der Waals surface area contributed by atoms with Gasteiger partial charge in [0, 0.05) is 11.5 Å². The van der Waals surface area contributed by atoms with Gasteiger partial charge < -0.3 is 14.5 Å². The zero-order valence-corrected chi connectivity index (χ0v) is 11.1. The van der Waals surface area contributed by atoms with Crippen LogP contribution in [-0.2, 0) is 0 Å². The molecule has 0 unspecified atom stereocenters. The summed E-state index contributed by atoms with van der Waals surface area (Å²) >= 11 is 0. The molecule has 1 aliphatic heterocycles. The normalized spacial score (nSPS) is 16.5. The van der Waals surface area contributed by atoms with E-state index in [1.807, 2.05) is 30.5 Å². The van der Waals surface area contributed by atoms with Crippen LogP contribution in [0.2, 0.25) is 0 Å². The summed E-state index contributed by atoms with van der Waals surface area (Å²) in [5, 5.41) is 3.35. The molecule has 4 nitrogen and oxygen atoms in total. The van der Waals surface area contributed by atoms with Gasteiger partial charge in [-0.05, 0) is 50.2 Å². The maximum absolute atomic E-state index is 5.90. The van der Waals surface area contributed by atoms with Crippen LogP contribution in [-0.4, -0.2) is 25.2 Å². The van der Waals surface area contributed by atoms with Gasteiger partial charge in [-0.25, -0.2) is 4.98 Å². The van der Waals surface area contributed by atoms with Gasteiger partial charge in [-0.2, -0.15) is 0 Å². The highest BCUT2D eigenvalue weighted by atomic mass is 16.5. The number of rotatable bonds is 3. The lowest BCUT2D eigenvalue weighted by Gasteiger charge is -2.19. The quantitative estimate of drug-likeness (QED) is 0.919. The number of hydrogen-bond acceptors (Lipinski definition) is 4. The molecule has 4 heteroatoms. The van der Waals surface area contributed by atoms with Crippen molar-refractivity contribution in [1.82, 2.24) is 10.3 Å². The van der Waals surface area contributed by atoms with Crippen LogP contribution in [0.3, 0.4) is 0 Å². The minimum Gasteiger partial charge on any atom is -0.497 e. The summed E-state index contributed by atoms with van der Waals surface area (Å²) in [6.07, 6.45) is 4.02. The molecule has 1 saturated heterocycles. The summed E-state index contributed by atoms with van der Waals surface area (Å²) in [7, 11) is 1.67. The minimum absolute atomic E-state index is 0.452. The van der Waals surface area contributed by atoms with Crippen molar-refractivity contribution in [2.45, 2.75) is 18.8 Å². The number of ether oxygens (including phenoxy) is 1. The molecule has 19 heavy (non-hydrogen) atoms. The molecule has 2 heterocycles. The molecule has 1 aliphatic rings. The van der Waals surface area contributed by atoms with Gasteiger partial charge >= 0.3 is 0 Å². The summed E-state index contributed by atoms with van der Waals surface area (Å²) < 4.78 is 11.1. The molecule has 0 bridgehead atoms. The van der Waals surface area contributed by atoms with Gasteiger partial charge in [0.25, 0.3) is 0 Å². The van der Waals surface area contributed by atoms with Crippen LogP contribution in [0.1, 0.15) is 24.7 Å². The Morgan fingerprint density at radius 2 is 1.95 bits per heavy atom. The van der Waals surface area contributed by atoms with Crippen LogP contribution in [0.25, 0.3) is 11.3 Å². The number of hydrogen-bond donors (Lipinski definition) is 1. The SMILES string of the molecule is COc1ccc(-c2cnc(C3CCNCC3)o2)cc1. The third kappa shape index (κ3) is 2.63. The van der Waals surface area contributed by atoms with Gasteiger partial charge in [-0.3, -0.25) is 0 Å². The van der Waals surface area contributed by atoms with E-state index in [1.54, 1.807) is 7.11 Å². The van der Waals surface area contributed by atoms with Crippen LogP contribution in [0.4, 0.5) is 0 Å². The molecule has 3 rings (SSSR count). The first-order valence-corrected chi connectivity index (χ1v) is 6.67. The lowest BCUT2D eigenvalue weighted by Crippen LogP contribution is -2.26. The van der Waals surface area contributed by atoms with E-state index in [0.29, 0.717) is 5.92 Å². The standard InChI is InChI=1S/C15H18N2O2/c1-18-13-4-2-11(3-5-13)14-10-17-15(19-14)12-6-8-16-9-7-12/h2-5,10,12,16H,6-9H2,1H3. The second kappa shape index (κ2) is 5.45. The first kappa shape index (κ1) is 12.2. The third-order valence-electron chi connectivity index (χ3n) is 3.59. The van der Waals surface area contributed by atoms with Gasteiger partial charge in [-0.1, -0.05) is 0 Å². The molecule has 0 amide bonds. The Labute approximate surface area is 112 Å². The largest absolute Gasteiger partial charge is 0.497 e. The Balaban J connectivity index is 1.79. The zero-order chi connectivity index (χ0) is 13.1. The van der Waals surface area contributed by atoms with Crippen molar-refractivity contribution >= 4 is 0 Å². The highest BCUT2D eigenvalue weighted by Gasteiger charge is 2.20. The number of piperidine rings is 1. The number of oxazole rings is 1. The lowest BCUT2D eigenvalue weighted by molar-refractivity contribution is 0.378. The molecule has 1 aromatic heterocycles. The predicted octanol–water partition coefficient (Wildman–Crippen LogP) is 2.82. The van der Waals surface area contributed by atoms with Gasteiger partial charge in [0.15, 0.2) is 11.7 Å². The molecule has 0 aliphatic carbocycles. The fourth-order valence-electron chi connectivity index (χ4n) is 2.43. The molecule has 1 aromatic carbocycles. The van der Waals surface area contributed by atoms with Gasteiger partial charge in [0.2, 0.25) is 0 Å². The van der Waals surface area contributed by atoms with E-state index in [4.69, 9.17) is 9.15 Å². The molecule has 1 fully saturated rings. The monoisotopic (exact) mass is 258 g/mol. The van der Waals surface area contributed by atoms with E-state index < -0.39 is 0 Å². The van der Waals surface area contributed by atoms with E-state index in [1.165, 1.54) is 0 Å². The molecule has 0 saturated carbocycles. The Morgan fingerprint density at radius 3 is 2.63 bits per heavy atom. The number of aromatic nitrogens is 1. The first-order chi connectivity index (χ1) is 9.36. The number of nitrogens with zero attached hydrogens (tertiary/aromatic N) is 1. The van der Waals surface area contributed by atoms with Crippen molar-refractivity contribution in [3.05, 3.63) is 36.4 Å². The van der Waals surface area contributed by atoms with E-state index in [2.05, 4.69) is 10.3 Å². The molecule has 2 aromatic rings. The molecule has 100 valence electrons. The Kier molecular flexibility index (Phi) is 3.51. The fourth-order valence-corrected chi connectivity index (χ4v) is 2.43. The fraction of sp³-hybridized carbons (Fsp3) is 0.400. The maximum atomic E-state index is 5.90. The molecule has 1 N–H and O–H groups in total. The summed E-state index contributed by atoms with van der Waals surface area (Å²) in [6, 6.07) is 7.85. The summed E-state index contributed by atoms with van der Waals surface area (Å²) in [6.45, 7) is 2.09. The van der Waals surface area contributed by atoms with Crippen molar-refractivity contribution in [3.63, 3.8) is 0 Å². The highest BCUT2D eigenvalue weighted by molar-refractivity contribution is 5.57. The third-order valence-corrected chi connectivity index (χ3v) is 3.59. The summed E-state index contributed by atoms with van der Waals surface area (Å²) in [5.41, 5.74) is 1.04. The van der Waals surface area contributed by atoms with Crippen LogP contribution >= 0.6 is 0 Å². The second-order valence-corrected chi connectivity index (χ2v) is 4.82. The highest BCUT2D eigenvalue weighted by Crippen LogP contribution is 2.29. The molecule has 0 atom stereocenters. The van der Waals surface area contributed by atoms with Crippen molar-refractivity contribution in [2.24, 2.45) is 0 Å². The Bertz CT molecular complexity index is 527. The minimum atomic E-state index is 0.452. The Morgan fingerprint density at radius 1 is 1.21 bits per heavy atom. The topological polar surface area (TPSA) is 47.3 Å². The maximum Gasteiger partial charge on any atom is 0.198 e. The first-order valence-electron chi connectivity index (χ1n) is 6.67. The average Bonchev–Trinajstić information content (AvgIpc) is 2.98. The molecule has 0 spiro atoms. The van der Waals surface area contributed by atoms with Gasteiger partial charge in [-0.15, -0.1) is 0 Å². The summed E-state index contributed by atoms with van der Waals surface area (Å²) in [4.78, 5) is 4.43. The van der Waals surface area contributed by atoms with Crippen molar-refractivity contribution in [1.29, 1.82) is 0 Å². The molecular formula is C15H18N2O2. The number of nitrogens with one attached hydrogen (secondary N) is 1. The number of benzene rings is 1. The van der Waals surface area contributed by atoms with E-state index >= 15 is 0 Å². The zero-order valence-electron chi connectivity index (χ0n) is 11.1. The smallest absolute Gasteiger partial charge is 0.198 e. The van der Waals surface area contributed by atoms with E-state index in [0.717, 1.165) is 48.9 Å². The van der Waals surface area contributed by atoms with E-state index in [9.17, 15) is 0 Å². The number of methoxy groups -OCH3 is 1. The van der Waals surface area contributed by atoms with Crippen LogP contribution in [0, 0.1) is 0 Å². The molecule has 0 radical (unpaired) electrons. The second-order valence-electron chi connectivity index (χ2n) is 4.82. The predicted molar refractivity (Wildman–Crippen MR) is 73.3 cm³/mol. The molecular weight excluding hydrogens is 240 g/mol. The van der Waals surface area contributed by atoms with Crippen molar-refractivity contribution in [2.75, 3.05) is 20.2 Å². The van der Waals surface area contributed by atoms with Crippen LogP contribution < -0.4 is 10.1 Å². The average molecular weight is 258 g/mol. The Hall–Kier alpha value is -1.81. The van der Waals surface area contributed by atoms with E-state index in [-0.39, 0.29) is 0 Å². The van der Waals surface area contributed by atoms with Crippen molar-refractivity contribution < 1.29 is 9.15 Å². The van der Waals surface area contributed by atoms with Gasteiger partial charge in [0.05, 0.1) is 13.3 Å². The summed E-state index contributed by atoms with van der Waals surface area (Å²) in [5.74, 6) is 3.00. The van der Waals surface area contributed by atoms with Crippen molar-refractivity contribution in [3.8, 4) is 17.1 Å². The van der Waals surface area contributed by atoms with Crippen LogP contribution in [0.5, 0.6) is 5.75 Å². The van der Waals surface area contributed by atoms with Gasteiger partial charge in [0.1, 0.15) is 5.75 Å². The van der Waals surface area contributed by atoms with Crippen LogP contribution in [0.15, 0.2) is 34.9 Å². The lowest BCUT2D eigenvalue weighted by atomic mass is 9.98.